The van der Waals surface area contributed by atoms with E-state index in [1.165, 1.54) is 16.4 Å². The predicted octanol–water partition coefficient (Wildman–Crippen LogP) is 0.117. The van der Waals surface area contributed by atoms with Crippen molar-refractivity contribution >= 4 is 22.6 Å². The van der Waals surface area contributed by atoms with Gasteiger partial charge in [-0.2, -0.15) is 0 Å². The van der Waals surface area contributed by atoms with E-state index in [1.54, 1.807) is 3.57 Å². The summed E-state index contributed by atoms with van der Waals surface area (Å²) in [7, 11) is 0. The fourth-order valence-electron chi connectivity index (χ4n) is 1.62. The van der Waals surface area contributed by atoms with Gasteiger partial charge in [0.1, 0.15) is 0 Å². The van der Waals surface area contributed by atoms with E-state index in [-0.39, 0.29) is 21.2 Å². The summed E-state index contributed by atoms with van der Waals surface area (Å²) < 4.78 is 9.43. The van der Waals surface area contributed by atoms with Crippen molar-refractivity contribution in [3.8, 4) is 0 Å². The average molecular weight is 429 g/mol. The molecule has 15 heavy (non-hydrogen) atoms. The number of rotatable bonds is 2. The Bertz CT molecular complexity index is 302. The molecule has 1 fully saturated rings. The Kier molecular flexibility index (Phi) is 4.69. The number of hydrogen-bond acceptors (Lipinski definition) is 1. The van der Waals surface area contributed by atoms with Crippen molar-refractivity contribution in [2.75, 3.05) is 6.61 Å². The van der Waals surface area contributed by atoms with Crippen LogP contribution in [0.2, 0.25) is 0 Å². The molecule has 1 heterocycles. The van der Waals surface area contributed by atoms with Gasteiger partial charge in [-0.3, -0.25) is 0 Å². The minimum atomic E-state index is 0.145. The number of halogens is 2. The molecule has 3 heteroatoms. The average Bonchev–Trinajstić information content (AvgIpc) is 2.25. The van der Waals surface area contributed by atoms with Crippen LogP contribution in [-0.2, 0) is 4.74 Å². The van der Waals surface area contributed by atoms with Crippen LogP contribution in [0.15, 0.2) is 24.3 Å². The van der Waals surface area contributed by atoms with Gasteiger partial charge in [-0.15, -0.1) is 0 Å². The van der Waals surface area contributed by atoms with E-state index >= 15 is 0 Å². The van der Waals surface area contributed by atoms with Gasteiger partial charge < -0.3 is 0 Å². The first kappa shape index (κ1) is 12.1. The maximum absolute atomic E-state index is 5.71. The Hall–Kier alpha value is 0.640. The summed E-state index contributed by atoms with van der Waals surface area (Å²) in [6, 6.07) is 8.99. The molecule has 0 amide bonds. The zero-order chi connectivity index (χ0) is 10.7. The van der Waals surface area contributed by atoms with E-state index in [9.17, 15) is 0 Å². The van der Waals surface area contributed by atoms with Crippen molar-refractivity contribution in [1.82, 2.24) is 0 Å². The molecule has 84 valence electrons. The van der Waals surface area contributed by atoms with Crippen LogP contribution in [0.5, 0.6) is 0 Å². The van der Waals surface area contributed by atoms with Gasteiger partial charge in [-0.05, 0) is 0 Å². The Morgan fingerprint density at radius 1 is 1.27 bits per heavy atom. The zero-order valence-electron chi connectivity index (χ0n) is 8.75. The van der Waals surface area contributed by atoms with Crippen molar-refractivity contribution in [3.05, 3.63) is 31.4 Å². The topological polar surface area (TPSA) is 9.23 Å². The molecule has 2 rings (SSSR count). The molecular formula is C12H15I2O-. The van der Waals surface area contributed by atoms with Crippen LogP contribution in [-0.4, -0.2) is 16.6 Å². The fraction of sp³-hybridized carbons (Fsp3) is 0.500. The van der Waals surface area contributed by atoms with Crippen molar-refractivity contribution < 1.29 is 25.9 Å². The zero-order valence-corrected chi connectivity index (χ0v) is 13.1. The van der Waals surface area contributed by atoms with Gasteiger partial charge in [0.05, 0.1) is 0 Å². The third-order valence-corrected chi connectivity index (χ3v) is 6.55. The molecule has 2 unspecified atom stereocenters. The second-order valence-electron chi connectivity index (χ2n) is 3.86. The van der Waals surface area contributed by atoms with Crippen LogP contribution < -0.4 is 21.2 Å². The van der Waals surface area contributed by atoms with Crippen LogP contribution in [0.4, 0.5) is 0 Å². The third-order valence-electron chi connectivity index (χ3n) is 2.53. The first-order valence-corrected chi connectivity index (χ1v) is 8.65. The van der Waals surface area contributed by atoms with Gasteiger partial charge in [0.25, 0.3) is 0 Å². The van der Waals surface area contributed by atoms with Crippen LogP contribution in [0, 0.1) is 7.14 Å². The van der Waals surface area contributed by atoms with Crippen molar-refractivity contribution in [2.45, 2.75) is 29.8 Å². The Morgan fingerprint density at radius 2 is 2.00 bits per heavy atom. The first-order valence-electron chi connectivity index (χ1n) is 5.24. The number of hydrogen-bond donors (Lipinski definition) is 0. The van der Waals surface area contributed by atoms with Crippen molar-refractivity contribution in [1.29, 1.82) is 0 Å². The summed E-state index contributed by atoms with van der Waals surface area (Å²) in [5, 5.41) is 0. The van der Waals surface area contributed by atoms with E-state index in [2.05, 4.69) is 53.8 Å². The summed E-state index contributed by atoms with van der Waals surface area (Å²) >= 11 is 2.50. The number of alkyl halides is 1. The van der Waals surface area contributed by atoms with Crippen LogP contribution in [0.3, 0.4) is 0 Å². The van der Waals surface area contributed by atoms with Crippen LogP contribution in [0.1, 0.15) is 19.8 Å². The van der Waals surface area contributed by atoms with Gasteiger partial charge in [0, 0.05) is 0 Å². The third kappa shape index (κ3) is 3.85. The molecule has 1 saturated heterocycles. The molecule has 0 N–H and O–H groups in total. The first-order chi connectivity index (χ1) is 7.24. The monoisotopic (exact) mass is 429 g/mol. The fourth-order valence-corrected chi connectivity index (χ4v) is 4.83. The molecule has 0 bridgehead atoms. The van der Waals surface area contributed by atoms with Gasteiger partial charge in [-0.1, -0.05) is 0 Å². The summed E-state index contributed by atoms with van der Waals surface area (Å²) in [6.45, 7) is 3.17. The Labute approximate surface area is 115 Å². The van der Waals surface area contributed by atoms with Gasteiger partial charge >= 0.3 is 116 Å². The second kappa shape index (κ2) is 5.82. The molecule has 0 radical (unpaired) electrons. The molecule has 2 atom stereocenters. The van der Waals surface area contributed by atoms with Crippen LogP contribution >= 0.6 is 22.6 Å². The Balaban J connectivity index is 1.89. The van der Waals surface area contributed by atoms with Gasteiger partial charge in [0.2, 0.25) is 0 Å². The minimum absolute atomic E-state index is 0.145. The SMILES string of the molecule is CC1CCC([I-]c2ccc(I)cc2)CO1. The van der Waals surface area contributed by atoms with Crippen molar-refractivity contribution in [2.24, 2.45) is 0 Å². The van der Waals surface area contributed by atoms with Crippen LogP contribution in [0.25, 0.3) is 0 Å². The van der Waals surface area contributed by atoms with Crippen molar-refractivity contribution in [3.63, 3.8) is 0 Å². The summed E-state index contributed by atoms with van der Waals surface area (Å²) in [6.07, 6.45) is 3.09. The Morgan fingerprint density at radius 3 is 2.60 bits per heavy atom. The molecule has 1 aromatic rings. The maximum atomic E-state index is 5.71. The second-order valence-corrected chi connectivity index (χ2v) is 8.74. The molecule has 1 aromatic carbocycles. The van der Waals surface area contributed by atoms with E-state index < -0.39 is 0 Å². The van der Waals surface area contributed by atoms with E-state index in [0.717, 1.165) is 10.5 Å². The van der Waals surface area contributed by atoms with Gasteiger partial charge in [-0.25, -0.2) is 0 Å². The summed E-state index contributed by atoms with van der Waals surface area (Å²) in [5.41, 5.74) is 0. The molecule has 1 nitrogen and oxygen atoms in total. The molecule has 1 aliphatic rings. The number of benzene rings is 1. The molecule has 1 aliphatic heterocycles. The van der Waals surface area contributed by atoms with E-state index in [0.29, 0.717) is 6.10 Å². The number of ether oxygens (including phenoxy) is 1. The summed E-state index contributed by atoms with van der Waals surface area (Å²) in [5.74, 6) is 0. The quantitative estimate of drug-likeness (QED) is 0.480. The van der Waals surface area contributed by atoms with Gasteiger partial charge in [0.15, 0.2) is 0 Å². The standard InChI is InChI=1S/C12H15I2O/c1-9-2-5-12(8-15-9)14-11-6-3-10(13)4-7-11/h3-4,6-7,9,12H,2,5,8H2,1H3/q-1. The molecule has 0 aliphatic carbocycles. The molecular weight excluding hydrogens is 414 g/mol. The molecule has 0 aromatic heterocycles. The molecule has 0 spiro atoms. The van der Waals surface area contributed by atoms with E-state index in [4.69, 9.17) is 4.74 Å². The predicted molar refractivity (Wildman–Crippen MR) is 66.3 cm³/mol. The summed E-state index contributed by atoms with van der Waals surface area (Å²) in [4.78, 5) is 0. The molecule has 0 saturated carbocycles. The normalized spacial score (nSPS) is 26.8. The van der Waals surface area contributed by atoms with E-state index in [1.807, 2.05) is 0 Å².